The molecule has 0 aromatic rings. The molecule has 0 amide bonds. The van der Waals surface area contributed by atoms with E-state index < -0.39 is 0 Å². The fraction of sp³-hybridized carbons (Fsp3) is 1.00. The summed E-state index contributed by atoms with van der Waals surface area (Å²) >= 11 is 3.34. The Morgan fingerprint density at radius 2 is 1.10 bits per heavy atom. The molecule has 0 aromatic carbocycles. The van der Waals surface area contributed by atoms with Gasteiger partial charge in [0.1, 0.15) is 0 Å². The zero-order valence-electron chi connectivity index (χ0n) is 6.17. The van der Waals surface area contributed by atoms with Gasteiger partial charge in [0.2, 0.25) is 0 Å². The van der Waals surface area contributed by atoms with Crippen molar-refractivity contribution >= 4 is 37.6 Å². The van der Waals surface area contributed by atoms with Gasteiger partial charge in [-0.3, -0.25) is 0 Å². The fourth-order valence-electron chi connectivity index (χ4n) is 0.954. The van der Waals surface area contributed by atoms with Gasteiger partial charge in [-0.1, -0.05) is 0 Å². The van der Waals surface area contributed by atoms with Crippen molar-refractivity contribution in [2.45, 2.75) is 42.7 Å². The topological polar surface area (TPSA) is 0 Å². The molecule has 0 radical (unpaired) electrons. The van der Waals surface area contributed by atoms with Gasteiger partial charge < -0.3 is 0 Å². The Kier molecular flexibility index (Phi) is 6.96. The first-order valence-electron chi connectivity index (χ1n) is 3.91. The summed E-state index contributed by atoms with van der Waals surface area (Å²) in [6, 6.07) is 0. The van der Waals surface area contributed by atoms with Gasteiger partial charge in [0, 0.05) is 0 Å². The van der Waals surface area contributed by atoms with Crippen LogP contribution in [0.3, 0.4) is 0 Å². The van der Waals surface area contributed by atoms with Gasteiger partial charge in [-0.15, -0.1) is 0 Å². The molecule has 1 rings (SSSR count). The molecule has 0 spiro atoms. The molecule has 0 saturated carbocycles. The molecule has 3 heteroatoms. The summed E-state index contributed by atoms with van der Waals surface area (Å²) < 4.78 is 0. The molecule has 0 unspecified atom stereocenters. The number of rotatable bonds is 0. The third-order valence-electron chi connectivity index (χ3n) is 1.55. The molecule has 1 aliphatic rings. The zero-order valence-corrected chi connectivity index (χ0v) is 11.3. The monoisotopic (exact) mass is 338 g/mol. The van der Waals surface area contributed by atoms with Gasteiger partial charge in [-0.2, -0.15) is 0 Å². The minimum absolute atomic E-state index is 1.10. The second kappa shape index (κ2) is 7.22. The molecule has 0 aromatic heterocycles. The average Bonchev–Trinajstić information content (AvgIpc) is 2.01. The van der Waals surface area contributed by atoms with E-state index in [1.807, 2.05) is 0 Å². The quantitative estimate of drug-likeness (QED) is 0.592. The van der Waals surface area contributed by atoms with Crippen LogP contribution in [-0.2, 0) is 0 Å². The summed E-state index contributed by atoms with van der Waals surface area (Å²) in [5.74, 6) is 0. The predicted octanol–water partition coefficient (Wildman–Crippen LogP) is 1.73. The van der Waals surface area contributed by atoms with Crippen LogP contribution in [0.2, 0.25) is 10.6 Å². The summed E-state index contributed by atoms with van der Waals surface area (Å²) in [6.07, 6.45) is 7.70. The Balaban J connectivity index is 2.00. The summed E-state index contributed by atoms with van der Waals surface area (Å²) in [6.45, 7) is 0. The van der Waals surface area contributed by atoms with Gasteiger partial charge in [-0.05, 0) is 0 Å². The minimum atomic E-state index is 1.10. The molecule has 0 atom stereocenters. The van der Waals surface area contributed by atoms with Crippen LogP contribution in [0, 0.1) is 0 Å². The van der Waals surface area contributed by atoms with Crippen LogP contribution in [0.15, 0.2) is 0 Å². The van der Waals surface area contributed by atoms with Crippen molar-refractivity contribution in [3.8, 4) is 0 Å². The summed E-state index contributed by atoms with van der Waals surface area (Å²) in [5, 5.41) is 3.21. The molecule has 1 aliphatic heterocycles. The van der Waals surface area contributed by atoms with E-state index in [1.165, 1.54) is 19.3 Å². The molecular formula is C7H14Se3. The second-order valence-corrected chi connectivity index (χ2v) is 19.8. The van der Waals surface area contributed by atoms with E-state index in [1.54, 1.807) is 23.5 Å². The summed E-state index contributed by atoms with van der Waals surface area (Å²) in [4.78, 5) is 0. The fourth-order valence-corrected chi connectivity index (χ4v) is 19.1. The normalized spacial score (nSPS) is 24.0. The van der Waals surface area contributed by atoms with E-state index in [-0.39, 0.29) is 0 Å². The van der Waals surface area contributed by atoms with Crippen molar-refractivity contribution in [2.24, 2.45) is 0 Å². The van der Waals surface area contributed by atoms with Crippen LogP contribution in [0.25, 0.3) is 0 Å². The van der Waals surface area contributed by atoms with E-state index in [2.05, 4.69) is 0 Å². The average molecular weight is 335 g/mol. The van der Waals surface area contributed by atoms with Crippen molar-refractivity contribution in [3.05, 3.63) is 0 Å². The molecule has 60 valence electrons. The third kappa shape index (κ3) is 5.24. The van der Waals surface area contributed by atoms with Crippen LogP contribution in [0.5, 0.6) is 0 Å². The van der Waals surface area contributed by atoms with E-state index in [0.29, 0.717) is 0 Å². The predicted molar refractivity (Wildman–Crippen MR) is 50.0 cm³/mol. The van der Waals surface area contributed by atoms with Gasteiger partial charge in [-0.25, -0.2) is 0 Å². The zero-order chi connectivity index (χ0) is 7.07. The van der Waals surface area contributed by atoms with Crippen LogP contribution >= 0.6 is 0 Å². The Bertz CT molecular complexity index is 42.0. The van der Waals surface area contributed by atoms with Crippen LogP contribution in [0.1, 0.15) is 32.1 Å². The number of hydrogen-bond acceptors (Lipinski definition) is 0. The molecule has 0 aliphatic carbocycles. The first-order valence-corrected chi connectivity index (χ1v) is 15.0. The first-order chi connectivity index (χ1) is 5.00. The molecule has 0 bridgehead atoms. The van der Waals surface area contributed by atoms with Crippen molar-refractivity contribution in [1.29, 1.82) is 0 Å². The maximum atomic E-state index is 1.61. The molecular weight excluding hydrogens is 321 g/mol. The van der Waals surface area contributed by atoms with Gasteiger partial charge >= 0.3 is 80.3 Å². The van der Waals surface area contributed by atoms with E-state index in [0.717, 1.165) is 37.6 Å². The Morgan fingerprint density at radius 3 is 1.70 bits per heavy atom. The SMILES string of the molecule is C1CCC[Se][Se][Se]CCC1. The Morgan fingerprint density at radius 1 is 0.600 bits per heavy atom. The van der Waals surface area contributed by atoms with E-state index >= 15 is 0 Å². The van der Waals surface area contributed by atoms with E-state index in [4.69, 9.17) is 0 Å². The summed E-state index contributed by atoms with van der Waals surface area (Å²) in [5.41, 5.74) is 0. The standard InChI is InChI=1S/C7H14Se3/c1-2-4-6-8-10-9-7-5-3-1/h1-7H2. The van der Waals surface area contributed by atoms with Gasteiger partial charge in [0.05, 0.1) is 0 Å². The van der Waals surface area contributed by atoms with Crippen LogP contribution < -0.4 is 0 Å². The Hall–Kier alpha value is 1.56. The maximum absolute atomic E-state index is 1.61. The molecule has 10 heavy (non-hydrogen) atoms. The van der Waals surface area contributed by atoms with Crippen molar-refractivity contribution in [3.63, 3.8) is 0 Å². The van der Waals surface area contributed by atoms with E-state index in [9.17, 15) is 0 Å². The summed E-state index contributed by atoms with van der Waals surface area (Å²) in [7, 11) is 0. The van der Waals surface area contributed by atoms with Crippen molar-refractivity contribution < 1.29 is 0 Å². The molecule has 1 heterocycles. The first kappa shape index (κ1) is 9.64. The number of hydrogen-bond donors (Lipinski definition) is 0. The molecule has 1 saturated heterocycles. The molecule has 0 nitrogen and oxygen atoms in total. The Labute approximate surface area is 79.9 Å². The van der Waals surface area contributed by atoms with Crippen LogP contribution in [-0.4, -0.2) is 37.6 Å². The second-order valence-electron chi connectivity index (χ2n) is 2.48. The van der Waals surface area contributed by atoms with Crippen molar-refractivity contribution in [1.82, 2.24) is 0 Å². The van der Waals surface area contributed by atoms with Gasteiger partial charge in [0.25, 0.3) is 0 Å². The third-order valence-corrected chi connectivity index (χ3v) is 20.5. The molecule has 0 N–H and O–H groups in total. The van der Waals surface area contributed by atoms with Crippen LogP contribution in [0.4, 0.5) is 0 Å². The molecule has 1 fully saturated rings. The van der Waals surface area contributed by atoms with Crippen molar-refractivity contribution in [2.75, 3.05) is 0 Å². The van der Waals surface area contributed by atoms with Gasteiger partial charge in [0.15, 0.2) is 0 Å².